The largest absolute Gasteiger partial charge is 0.493 e. The topological polar surface area (TPSA) is 68.3 Å². The minimum Gasteiger partial charge on any atom is -0.493 e. The second-order valence-electron chi connectivity index (χ2n) is 6.40. The highest BCUT2D eigenvalue weighted by molar-refractivity contribution is 5.44. The van der Waals surface area contributed by atoms with Crippen LogP contribution in [0.5, 0.6) is 11.5 Å². The Bertz CT molecular complexity index is 919. The van der Waals surface area contributed by atoms with Gasteiger partial charge in [-0.3, -0.25) is 0 Å². The number of halogens is 6. The molecule has 2 aromatic rings. The van der Waals surface area contributed by atoms with Crippen LogP contribution in [0, 0.1) is 11.3 Å². The van der Waals surface area contributed by atoms with Crippen molar-refractivity contribution < 1.29 is 35.8 Å². The maximum Gasteiger partial charge on any atom is 0.417 e. The van der Waals surface area contributed by atoms with Crippen LogP contribution < -0.4 is 15.2 Å². The Balaban J connectivity index is 1.99. The minimum absolute atomic E-state index is 0.00976. The lowest BCUT2D eigenvalue weighted by atomic mass is 10.1. The summed E-state index contributed by atoms with van der Waals surface area (Å²) in [7, 11) is 0. The van der Waals surface area contributed by atoms with E-state index in [-0.39, 0.29) is 36.6 Å². The molecule has 0 spiro atoms. The first-order chi connectivity index (χ1) is 14.0. The molecule has 0 aliphatic heterocycles. The summed E-state index contributed by atoms with van der Waals surface area (Å²) in [4.78, 5) is 0. The maximum absolute atomic E-state index is 13.0. The van der Waals surface area contributed by atoms with Gasteiger partial charge in [0.2, 0.25) is 0 Å². The second kappa shape index (κ2) is 9.26. The molecule has 10 heteroatoms. The predicted molar refractivity (Wildman–Crippen MR) is 95.7 cm³/mol. The van der Waals surface area contributed by atoms with E-state index in [2.05, 4.69) is 0 Å². The lowest BCUT2D eigenvalue weighted by Gasteiger charge is -2.18. The molecule has 0 aliphatic carbocycles. The molecule has 0 heterocycles. The van der Waals surface area contributed by atoms with Crippen LogP contribution in [0.2, 0.25) is 0 Å². The van der Waals surface area contributed by atoms with Crippen molar-refractivity contribution in [2.24, 2.45) is 5.73 Å². The van der Waals surface area contributed by atoms with E-state index in [9.17, 15) is 26.3 Å². The van der Waals surface area contributed by atoms with Crippen LogP contribution in [0.3, 0.4) is 0 Å². The van der Waals surface area contributed by atoms with E-state index in [4.69, 9.17) is 20.5 Å². The molecular formula is C20H18F6N2O2. The quantitative estimate of drug-likeness (QED) is 0.604. The Morgan fingerprint density at radius 1 is 0.967 bits per heavy atom. The number of benzene rings is 2. The fourth-order valence-electron chi connectivity index (χ4n) is 2.65. The van der Waals surface area contributed by atoms with Gasteiger partial charge in [0, 0.05) is 13.0 Å². The number of nitrogens with zero attached hydrogens (tertiary/aromatic N) is 1. The number of hydrogen-bond acceptors (Lipinski definition) is 4. The van der Waals surface area contributed by atoms with Crippen molar-refractivity contribution in [1.29, 1.82) is 5.26 Å². The van der Waals surface area contributed by atoms with Gasteiger partial charge >= 0.3 is 12.4 Å². The Morgan fingerprint density at radius 2 is 1.57 bits per heavy atom. The molecule has 0 bridgehead atoms. The van der Waals surface area contributed by atoms with E-state index in [1.165, 1.54) is 24.3 Å². The molecule has 0 saturated heterocycles. The second-order valence-corrected chi connectivity index (χ2v) is 6.40. The first kappa shape index (κ1) is 23.3. The Kier molecular flexibility index (Phi) is 7.21. The van der Waals surface area contributed by atoms with Crippen LogP contribution in [0.25, 0.3) is 0 Å². The molecule has 0 fully saturated rings. The molecule has 0 amide bonds. The number of rotatable bonds is 7. The maximum atomic E-state index is 13.0. The number of ether oxygens (including phenoxy) is 2. The Hall–Kier alpha value is -2.93. The zero-order chi connectivity index (χ0) is 22.5. The fraction of sp³-hybridized carbons (Fsp3) is 0.350. The normalized spacial score (nSPS) is 12.9. The van der Waals surface area contributed by atoms with Crippen LogP contribution in [0.15, 0.2) is 36.4 Å². The molecule has 162 valence electrons. The van der Waals surface area contributed by atoms with Gasteiger partial charge in [0.1, 0.15) is 11.5 Å². The molecule has 2 N–H and O–H groups in total. The summed E-state index contributed by atoms with van der Waals surface area (Å²) in [6.07, 6.45) is -9.68. The van der Waals surface area contributed by atoms with Gasteiger partial charge in [-0.1, -0.05) is 6.07 Å². The molecule has 2 rings (SSSR count). The van der Waals surface area contributed by atoms with Crippen molar-refractivity contribution in [2.75, 3.05) is 6.61 Å². The number of hydrogen-bond donors (Lipinski definition) is 1. The molecule has 1 unspecified atom stereocenters. The van der Waals surface area contributed by atoms with Crippen LogP contribution in [-0.2, 0) is 18.9 Å². The fourth-order valence-corrected chi connectivity index (χ4v) is 2.65. The van der Waals surface area contributed by atoms with Crippen molar-refractivity contribution in [3.63, 3.8) is 0 Å². The zero-order valence-corrected chi connectivity index (χ0v) is 15.8. The lowest BCUT2D eigenvalue weighted by Crippen LogP contribution is -2.17. The monoisotopic (exact) mass is 432 g/mol. The first-order valence-corrected chi connectivity index (χ1v) is 8.76. The molecule has 0 aromatic heterocycles. The van der Waals surface area contributed by atoms with Crippen LogP contribution in [0.4, 0.5) is 26.3 Å². The predicted octanol–water partition coefficient (Wildman–Crippen LogP) is 5.29. The van der Waals surface area contributed by atoms with E-state index in [0.717, 1.165) is 18.2 Å². The van der Waals surface area contributed by atoms with Gasteiger partial charge in [-0.25, -0.2) is 0 Å². The molecular weight excluding hydrogens is 414 g/mol. The van der Waals surface area contributed by atoms with Crippen molar-refractivity contribution in [3.8, 4) is 17.6 Å². The van der Waals surface area contributed by atoms with Crippen LogP contribution >= 0.6 is 0 Å². The standard InChI is InChI=1S/C20H18F6N2O2/c1-12(30-16-5-3-14(11-28)18(9-16)20(24,25)26)6-7-29-15-4-2-13(10-27)17(8-15)19(21,22)23/h2-5,8-9,12H,6-7,10,27H2,1H3. The first-order valence-electron chi connectivity index (χ1n) is 8.76. The third-order valence-corrected chi connectivity index (χ3v) is 4.15. The lowest BCUT2D eigenvalue weighted by molar-refractivity contribution is -0.138. The average molecular weight is 432 g/mol. The summed E-state index contributed by atoms with van der Waals surface area (Å²) >= 11 is 0. The van der Waals surface area contributed by atoms with E-state index in [1.54, 1.807) is 6.92 Å². The number of nitrogens with two attached hydrogens (primary N) is 1. The van der Waals surface area contributed by atoms with Gasteiger partial charge in [0.25, 0.3) is 0 Å². The third kappa shape index (κ3) is 6.03. The summed E-state index contributed by atoms with van der Waals surface area (Å²) < 4.78 is 88.9. The van der Waals surface area contributed by atoms with Gasteiger partial charge in [0.15, 0.2) is 0 Å². The van der Waals surface area contributed by atoms with Crippen molar-refractivity contribution >= 4 is 0 Å². The summed E-state index contributed by atoms with van der Waals surface area (Å²) in [5, 5.41) is 8.80. The highest BCUT2D eigenvalue weighted by atomic mass is 19.4. The van der Waals surface area contributed by atoms with E-state index >= 15 is 0 Å². The molecule has 1 atom stereocenters. The van der Waals surface area contributed by atoms with Crippen molar-refractivity contribution in [3.05, 3.63) is 58.7 Å². The van der Waals surface area contributed by atoms with Crippen molar-refractivity contribution in [2.45, 2.75) is 38.3 Å². The van der Waals surface area contributed by atoms with Gasteiger partial charge in [-0.05, 0) is 42.8 Å². The van der Waals surface area contributed by atoms with E-state index < -0.39 is 35.1 Å². The third-order valence-electron chi connectivity index (χ3n) is 4.15. The van der Waals surface area contributed by atoms with Gasteiger partial charge in [-0.15, -0.1) is 0 Å². The summed E-state index contributed by atoms with van der Waals surface area (Å²) in [6.45, 7) is 1.28. The number of nitriles is 1. The minimum atomic E-state index is -4.71. The number of alkyl halides is 6. The molecule has 2 aromatic carbocycles. The van der Waals surface area contributed by atoms with Crippen LogP contribution in [-0.4, -0.2) is 12.7 Å². The SMILES string of the molecule is CC(CCOc1ccc(CN)c(C(F)(F)F)c1)Oc1ccc(C#N)c(C(F)(F)F)c1. The molecule has 4 nitrogen and oxygen atoms in total. The van der Waals surface area contributed by atoms with Gasteiger partial charge in [-0.2, -0.15) is 31.6 Å². The van der Waals surface area contributed by atoms with Crippen molar-refractivity contribution in [1.82, 2.24) is 0 Å². The Morgan fingerprint density at radius 3 is 2.13 bits per heavy atom. The summed E-state index contributed by atoms with van der Waals surface area (Å²) in [5.74, 6) is -0.0927. The van der Waals surface area contributed by atoms with Crippen LogP contribution in [0.1, 0.15) is 35.6 Å². The highest BCUT2D eigenvalue weighted by Crippen LogP contribution is 2.35. The van der Waals surface area contributed by atoms with Gasteiger partial charge < -0.3 is 15.2 Å². The molecule has 0 radical (unpaired) electrons. The van der Waals surface area contributed by atoms with Gasteiger partial charge in [0.05, 0.1) is 35.5 Å². The summed E-state index contributed by atoms with van der Waals surface area (Å²) in [6, 6.07) is 7.90. The molecule has 30 heavy (non-hydrogen) atoms. The average Bonchev–Trinajstić information content (AvgIpc) is 2.66. The summed E-state index contributed by atoms with van der Waals surface area (Å²) in [5.41, 5.74) is 2.75. The highest BCUT2D eigenvalue weighted by Gasteiger charge is 2.34. The Labute approximate surface area is 168 Å². The van der Waals surface area contributed by atoms with E-state index in [0.29, 0.717) is 0 Å². The van der Waals surface area contributed by atoms with E-state index in [1.807, 2.05) is 0 Å². The molecule has 0 saturated carbocycles. The zero-order valence-electron chi connectivity index (χ0n) is 15.8. The molecule has 0 aliphatic rings. The smallest absolute Gasteiger partial charge is 0.417 e.